The van der Waals surface area contributed by atoms with Gasteiger partial charge in [-0.15, -0.1) is 0 Å². The third kappa shape index (κ3) is 4.20. The lowest BCUT2D eigenvalue weighted by atomic mass is 9.98. The maximum atomic E-state index is 11.8. The Morgan fingerprint density at radius 3 is 2.53 bits per heavy atom. The topological polar surface area (TPSA) is 53.9 Å². The van der Waals surface area contributed by atoms with E-state index >= 15 is 0 Å². The number of rotatable bonds is 6. The van der Waals surface area contributed by atoms with Gasteiger partial charge in [-0.1, -0.05) is 49.4 Å². The molecule has 1 atom stereocenters. The normalized spacial score (nSPS) is 15.6. The number of hydrazone groups is 1. The summed E-state index contributed by atoms with van der Waals surface area (Å²) in [6.45, 7) is 1.84. The summed E-state index contributed by atoms with van der Waals surface area (Å²) in [7, 11) is 1.67. The van der Waals surface area contributed by atoms with Gasteiger partial charge >= 0.3 is 0 Å². The molecule has 0 saturated heterocycles. The van der Waals surface area contributed by atoms with Crippen LogP contribution in [0.1, 0.15) is 36.9 Å². The molecule has 1 amide bonds. The SMILES string of the molecule is CCC(=O)Nc1cccc(C2=NN(c3ccccc3)[C@@H](c3ccc(OC)cc3)C2)c1. The molecule has 1 N–H and O–H groups in total. The summed E-state index contributed by atoms with van der Waals surface area (Å²) < 4.78 is 5.31. The molecule has 0 bridgehead atoms. The second-order valence-electron chi connectivity index (χ2n) is 7.20. The maximum absolute atomic E-state index is 11.8. The fourth-order valence-corrected chi connectivity index (χ4v) is 3.62. The van der Waals surface area contributed by atoms with Crippen molar-refractivity contribution in [1.82, 2.24) is 0 Å². The molecule has 1 aliphatic heterocycles. The number of hydrogen-bond acceptors (Lipinski definition) is 4. The number of anilines is 2. The molecule has 5 nitrogen and oxygen atoms in total. The highest BCUT2D eigenvalue weighted by molar-refractivity contribution is 6.04. The number of carbonyl (C=O) groups excluding carboxylic acids is 1. The molecule has 0 aliphatic carbocycles. The highest BCUT2D eigenvalue weighted by atomic mass is 16.5. The van der Waals surface area contributed by atoms with Crippen molar-refractivity contribution in [1.29, 1.82) is 0 Å². The summed E-state index contributed by atoms with van der Waals surface area (Å²) in [5.41, 5.74) is 5.02. The van der Waals surface area contributed by atoms with Gasteiger partial charge in [-0.25, -0.2) is 0 Å². The summed E-state index contributed by atoms with van der Waals surface area (Å²) >= 11 is 0. The van der Waals surface area contributed by atoms with E-state index in [0.717, 1.165) is 34.8 Å². The Morgan fingerprint density at radius 2 is 1.83 bits per heavy atom. The molecule has 30 heavy (non-hydrogen) atoms. The molecular weight excluding hydrogens is 374 g/mol. The van der Waals surface area contributed by atoms with Crippen LogP contribution in [0.15, 0.2) is 84.0 Å². The van der Waals surface area contributed by atoms with Crippen LogP contribution < -0.4 is 15.1 Å². The molecule has 1 aliphatic rings. The third-order valence-corrected chi connectivity index (χ3v) is 5.23. The minimum Gasteiger partial charge on any atom is -0.497 e. The standard InChI is InChI=1S/C25H25N3O2/c1-3-25(29)26-20-9-7-8-19(16-20)23-17-24(18-12-14-22(30-2)15-13-18)28(27-23)21-10-5-4-6-11-21/h4-16,24H,3,17H2,1-2H3,(H,26,29)/t24-/m1/s1. The molecule has 152 valence electrons. The number of para-hydroxylation sites is 1. The van der Waals surface area contributed by atoms with E-state index in [2.05, 4.69) is 34.6 Å². The van der Waals surface area contributed by atoms with E-state index in [1.807, 2.05) is 61.5 Å². The van der Waals surface area contributed by atoms with E-state index in [1.165, 1.54) is 5.56 Å². The first-order chi connectivity index (χ1) is 14.7. The Hall–Kier alpha value is -3.60. The van der Waals surface area contributed by atoms with Gasteiger partial charge in [-0.05, 0) is 47.5 Å². The summed E-state index contributed by atoms with van der Waals surface area (Å²) in [6, 6.07) is 26.3. The van der Waals surface area contributed by atoms with Crippen LogP contribution in [0.4, 0.5) is 11.4 Å². The highest BCUT2D eigenvalue weighted by Crippen LogP contribution is 2.37. The second-order valence-corrected chi connectivity index (χ2v) is 7.20. The van der Waals surface area contributed by atoms with Crippen LogP contribution in [0, 0.1) is 0 Å². The zero-order valence-electron chi connectivity index (χ0n) is 17.2. The van der Waals surface area contributed by atoms with Crippen molar-refractivity contribution in [2.24, 2.45) is 5.10 Å². The highest BCUT2D eigenvalue weighted by Gasteiger charge is 2.30. The number of ether oxygens (including phenoxy) is 1. The molecule has 0 radical (unpaired) electrons. The van der Waals surface area contributed by atoms with Gasteiger partial charge in [0.25, 0.3) is 0 Å². The predicted molar refractivity (Wildman–Crippen MR) is 121 cm³/mol. The van der Waals surface area contributed by atoms with E-state index in [1.54, 1.807) is 7.11 Å². The molecule has 3 aromatic carbocycles. The van der Waals surface area contributed by atoms with Crippen molar-refractivity contribution in [2.75, 3.05) is 17.4 Å². The zero-order chi connectivity index (χ0) is 20.9. The van der Waals surface area contributed by atoms with Gasteiger partial charge < -0.3 is 10.1 Å². The van der Waals surface area contributed by atoms with Crippen molar-refractivity contribution in [3.05, 3.63) is 90.0 Å². The van der Waals surface area contributed by atoms with Crippen LogP contribution in [0.2, 0.25) is 0 Å². The number of methoxy groups -OCH3 is 1. The average molecular weight is 399 g/mol. The smallest absolute Gasteiger partial charge is 0.224 e. The number of nitrogens with one attached hydrogen (secondary N) is 1. The molecule has 4 rings (SSSR count). The first kappa shape index (κ1) is 19.7. The number of benzene rings is 3. The number of carbonyl (C=O) groups is 1. The molecule has 0 unspecified atom stereocenters. The van der Waals surface area contributed by atoms with Gasteiger partial charge in [-0.2, -0.15) is 5.10 Å². The Bertz CT molecular complexity index is 1050. The van der Waals surface area contributed by atoms with Crippen LogP contribution >= 0.6 is 0 Å². The lowest BCUT2D eigenvalue weighted by Gasteiger charge is -2.24. The van der Waals surface area contributed by atoms with Gasteiger partial charge in [0.1, 0.15) is 5.75 Å². The van der Waals surface area contributed by atoms with Crippen molar-refractivity contribution in [2.45, 2.75) is 25.8 Å². The lowest BCUT2D eigenvalue weighted by Crippen LogP contribution is -2.18. The fraction of sp³-hybridized carbons (Fsp3) is 0.200. The van der Waals surface area contributed by atoms with Gasteiger partial charge in [-0.3, -0.25) is 9.80 Å². The number of amides is 1. The molecular formula is C25H25N3O2. The Kier molecular flexibility index (Phi) is 5.80. The fourth-order valence-electron chi connectivity index (χ4n) is 3.62. The van der Waals surface area contributed by atoms with Crippen LogP contribution in [0.5, 0.6) is 5.75 Å². The van der Waals surface area contributed by atoms with Gasteiger partial charge in [0.15, 0.2) is 0 Å². The van der Waals surface area contributed by atoms with Crippen LogP contribution in [-0.2, 0) is 4.79 Å². The largest absolute Gasteiger partial charge is 0.497 e. The van der Waals surface area contributed by atoms with E-state index in [0.29, 0.717) is 6.42 Å². The third-order valence-electron chi connectivity index (χ3n) is 5.23. The monoisotopic (exact) mass is 399 g/mol. The number of hydrogen-bond donors (Lipinski definition) is 1. The van der Waals surface area contributed by atoms with Crippen LogP contribution in [0.25, 0.3) is 0 Å². The van der Waals surface area contributed by atoms with Crippen molar-refractivity contribution in [3.8, 4) is 5.75 Å². The van der Waals surface area contributed by atoms with Gasteiger partial charge in [0, 0.05) is 18.5 Å². The van der Waals surface area contributed by atoms with Crippen molar-refractivity contribution < 1.29 is 9.53 Å². The van der Waals surface area contributed by atoms with Crippen molar-refractivity contribution >= 4 is 23.0 Å². The van der Waals surface area contributed by atoms with Gasteiger partial charge in [0.05, 0.1) is 24.6 Å². The Balaban J connectivity index is 1.67. The van der Waals surface area contributed by atoms with E-state index in [9.17, 15) is 4.79 Å². The average Bonchev–Trinajstić information content (AvgIpc) is 3.25. The number of nitrogens with zero attached hydrogens (tertiary/aromatic N) is 2. The molecule has 1 heterocycles. The molecule has 0 fully saturated rings. The molecule has 0 spiro atoms. The first-order valence-electron chi connectivity index (χ1n) is 10.1. The molecule has 0 aromatic heterocycles. The minimum absolute atomic E-state index is 0.00234. The maximum Gasteiger partial charge on any atom is 0.224 e. The Labute approximate surface area is 177 Å². The zero-order valence-corrected chi connectivity index (χ0v) is 17.2. The second kappa shape index (κ2) is 8.82. The lowest BCUT2D eigenvalue weighted by molar-refractivity contribution is -0.115. The minimum atomic E-state index is 0.00234. The molecule has 0 saturated carbocycles. The quantitative estimate of drug-likeness (QED) is 0.604. The summed E-state index contributed by atoms with van der Waals surface area (Å²) in [5, 5.41) is 9.99. The van der Waals surface area contributed by atoms with E-state index < -0.39 is 0 Å². The summed E-state index contributed by atoms with van der Waals surface area (Å²) in [5.74, 6) is 0.839. The van der Waals surface area contributed by atoms with Crippen LogP contribution in [0.3, 0.4) is 0 Å². The summed E-state index contributed by atoms with van der Waals surface area (Å²) in [6.07, 6.45) is 1.22. The molecule has 3 aromatic rings. The van der Waals surface area contributed by atoms with Crippen LogP contribution in [-0.4, -0.2) is 18.7 Å². The molecule has 5 heteroatoms. The summed E-state index contributed by atoms with van der Waals surface area (Å²) in [4.78, 5) is 11.8. The van der Waals surface area contributed by atoms with E-state index in [4.69, 9.17) is 9.84 Å². The first-order valence-corrected chi connectivity index (χ1v) is 10.1. The van der Waals surface area contributed by atoms with E-state index in [-0.39, 0.29) is 11.9 Å². The Morgan fingerprint density at radius 1 is 1.07 bits per heavy atom. The van der Waals surface area contributed by atoms with Crippen molar-refractivity contribution in [3.63, 3.8) is 0 Å². The predicted octanol–water partition coefficient (Wildman–Crippen LogP) is 5.40. The van der Waals surface area contributed by atoms with Gasteiger partial charge in [0.2, 0.25) is 5.91 Å².